The Balaban J connectivity index is 0.000000741. The van der Waals surface area contributed by atoms with E-state index < -0.39 is 0 Å². The average molecular weight is 258 g/mol. The molecular formula is C18H26O. The Kier molecular flexibility index (Phi) is 9.25. The van der Waals surface area contributed by atoms with Crippen LogP contribution in [0.5, 0.6) is 11.5 Å². The summed E-state index contributed by atoms with van der Waals surface area (Å²) in [6.07, 6.45) is 0. The van der Waals surface area contributed by atoms with Gasteiger partial charge >= 0.3 is 0 Å². The second kappa shape index (κ2) is 10.2. The maximum Gasteiger partial charge on any atom is 0.130 e. The van der Waals surface area contributed by atoms with E-state index in [1.807, 2.05) is 90.1 Å². The fourth-order valence-corrected chi connectivity index (χ4v) is 1.46. The second-order valence-corrected chi connectivity index (χ2v) is 3.63. The third-order valence-corrected chi connectivity index (χ3v) is 2.41. The van der Waals surface area contributed by atoms with Crippen LogP contribution in [0.2, 0.25) is 0 Å². The highest BCUT2D eigenvalue weighted by molar-refractivity contribution is 5.40. The van der Waals surface area contributed by atoms with Gasteiger partial charge in [-0.1, -0.05) is 64.1 Å². The molecule has 2 aromatic rings. The van der Waals surface area contributed by atoms with E-state index in [0.29, 0.717) is 0 Å². The van der Waals surface area contributed by atoms with Gasteiger partial charge in [-0.05, 0) is 37.1 Å². The maximum atomic E-state index is 5.84. The van der Waals surface area contributed by atoms with E-state index in [0.717, 1.165) is 22.6 Å². The molecule has 0 unspecified atom stereocenters. The minimum atomic E-state index is 0.923. The molecule has 0 radical (unpaired) electrons. The molecule has 2 rings (SSSR count). The Bertz CT molecular complexity index is 417. The van der Waals surface area contributed by atoms with Crippen LogP contribution in [0, 0.1) is 13.8 Å². The molecule has 0 bridgehead atoms. The van der Waals surface area contributed by atoms with E-state index in [1.54, 1.807) is 0 Å². The van der Waals surface area contributed by atoms with Gasteiger partial charge in [-0.15, -0.1) is 0 Å². The molecule has 2 aromatic carbocycles. The fraction of sp³-hybridized carbons (Fsp3) is 0.333. The fourth-order valence-electron chi connectivity index (χ4n) is 1.46. The Hall–Kier alpha value is -1.76. The molecule has 0 aliphatic carbocycles. The van der Waals surface area contributed by atoms with Crippen molar-refractivity contribution in [3.8, 4) is 11.5 Å². The molecular weight excluding hydrogens is 232 g/mol. The van der Waals surface area contributed by atoms with Crippen LogP contribution >= 0.6 is 0 Å². The van der Waals surface area contributed by atoms with Gasteiger partial charge in [-0.3, -0.25) is 0 Å². The number of aryl methyl sites for hydroxylation is 2. The van der Waals surface area contributed by atoms with Gasteiger partial charge in [0, 0.05) is 0 Å². The first-order valence-corrected chi connectivity index (χ1v) is 7.06. The quantitative estimate of drug-likeness (QED) is 0.628. The smallest absolute Gasteiger partial charge is 0.130 e. The number of rotatable bonds is 2. The lowest BCUT2D eigenvalue weighted by Gasteiger charge is -2.10. The highest BCUT2D eigenvalue weighted by Crippen LogP contribution is 2.26. The van der Waals surface area contributed by atoms with E-state index in [1.165, 1.54) is 0 Å². The molecule has 1 nitrogen and oxygen atoms in total. The predicted molar refractivity (Wildman–Crippen MR) is 85.1 cm³/mol. The Morgan fingerprint density at radius 2 is 0.895 bits per heavy atom. The summed E-state index contributed by atoms with van der Waals surface area (Å²) in [7, 11) is 0. The van der Waals surface area contributed by atoms with Crippen molar-refractivity contribution in [3.05, 3.63) is 59.7 Å². The molecule has 0 N–H and O–H groups in total. The van der Waals surface area contributed by atoms with E-state index in [2.05, 4.69) is 0 Å². The van der Waals surface area contributed by atoms with E-state index in [9.17, 15) is 0 Å². The Morgan fingerprint density at radius 3 is 1.21 bits per heavy atom. The van der Waals surface area contributed by atoms with Crippen molar-refractivity contribution in [2.24, 2.45) is 0 Å². The molecule has 0 atom stereocenters. The number of ether oxygens (including phenoxy) is 1. The van der Waals surface area contributed by atoms with Crippen molar-refractivity contribution in [1.29, 1.82) is 0 Å². The maximum absolute atomic E-state index is 5.84. The predicted octanol–water partition coefficient (Wildman–Crippen LogP) is 6.15. The molecule has 0 amide bonds. The monoisotopic (exact) mass is 258 g/mol. The van der Waals surface area contributed by atoms with Gasteiger partial charge in [0.15, 0.2) is 0 Å². The summed E-state index contributed by atoms with van der Waals surface area (Å²) in [4.78, 5) is 0. The van der Waals surface area contributed by atoms with Crippen molar-refractivity contribution in [3.63, 3.8) is 0 Å². The normalized spacial score (nSPS) is 8.53. The van der Waals surface area contributed by atoms with Crippen molar-refractivity contribution in [1.82, 2.24) is 0 Å². The van der Waals surface area contributed by atoms with Crippen LogP contribution < -0.4 is 4.74 Å². The molecule has 0 aliphatic heterocycles. The summed E-state index contributed by atoms with van der Waals surface area (Å²) in [6.45, 7) is 12.1. The van der Waals surface area contributed by atoms with E-state index in [4.69, 9.17) is 4.74 Å². The van der Waals surface area contributed by atoms with E-state index >= 15 is 0 Å². The van der Waals surface area contributed by atoms with Crippen LogP contribution in [-0.2, 0) is 0 Å². The van der Waals surface area contributed by atoms with Crippen LogP contribution in [0.15, 0.2) is 48.5 Å². The molecule has 0 spiro atoms. The number of hydrogen-bond donors (Lipinski definition) is 0. The van der Waals surface area contributed by atoms with Crippen molar-refractivity contribution < 1.29 is 4.74 Å². The molecule has 0 aliphatic rings. The van der Waals surface area contributed by atoms with Gasteiger partial charge in [0.2, 0.25) is 0 Å². The van der Waals surface area contributed by atoms with Gasteiger partial charge in [0.1, 0.15) is 11.5 Å². The zero-order valence-corrected chi connectivity index (χ0v) is 13.0. The summed E-state index contributed by atoms with van der Waals surface area (Å²) in [5.41, 5.74) is 2.31. The minimum Gasteiger partial charge on any atom is -0.457 e. The topological polar surface area (TPSA) is 9.23 Å². The summed E-state index contributed by atoms with van der Waals surface area (Å²) in [5, 5.41) is 0. The molecule has 19 heavy (non-hydrogen) atoms. The molecule has 1 heteroatoms. The largest absolute Gasteiger partial charge is 0.457 e. The van der Waals surface area contributed by atoms with Crippen LogP contribution in [0.1, 0.15) is 38.8 Å². The summed E-state index contributed by atoms with van der Waals surface area (Å²) >= 11 is 0. The molecule has 0 heterocycles. The zero-order valence-electron chi connectivity index (χ0n) is 13.0. The summed E-state index contributed by atoms with van der Waals surface area (Å²) in [6, 6.07) is 16.1. The Labute approximate surface area is 118 Å². The number of hydrogen-bond acceptors (Lipinski definition) is 1. The zero-order chi connectivity index (χ0) is 14.7. The van der Waals surface area contributed by atoms with Crippen molar-refractivity contribution >= 4 is 0 Å². The van der Waals surface area contributed by atoms with Gasteiger partial charge in [-0.25, -0.2) is 0 Å². The molecule has 0 aromatic heterocycles. The summed E-state index contributed by atoms with van der Waals surface area (Å²) in [5.74, 6) is 1.85. The number of benzene rings is 2. The SMILES string of the molecule is CC.CC.Cc1ccccc1Oc1ccccc1C. The molecule has 0 saturated carbocycles. The number of para-hydroxylation sites is 2. The first-order chi connectivity index (χ1) is 9.27. The van der Waals surface area contributed by atoms with Crippen LogP contribution in [0.3, 0.4) is 0 Å². The third-order valence-electron chi connectivity index (χ3n) is 2.41. The van der Waals surface area contributed by atoms with Crippen molar-refractivity contribution in [2.45, 2.75) is 41.5 Å². The lowest BCUT2D eigenvalue weighted by molar-refractivity contribution is 0.475. The van der Waals surface area contributed by atoms with Crippen LogP contribution in [0.4, 0.5) is 0 Å². The van der Waals surface area contributed by atoms with Gasteiger partial charge in [0.05, 0.1) is 0 Å². The standard InChI is InChI=1S/C14H14O.2C2H6/c1-11-7-3-5-9-13(11)15-14-10-6-4-8-12(14)2;2*1-2/h3-10H,1-2H3;2*1-2H3. The van der Waals surface area contributed by atoms with Gasteiger partial charge in [-0.2, -0.15) is 0 Å². The van der Waals surface area contributed by atoms with Crippen molar-refractivity contribution in [2.75, 3.05) is 0 Å². The Morgan fingerprint density at radius 1 is 0.579 bits per heavy atom. The third kappa shape index (κ3) is 5.60. The van der Waals surface area contributed by atoms with E-state index in [-0.39, 0.29) is 0 Å². The molecule has 104 valence electrons. The van der Waals surface area contributed by atoms with Gasteiger partial charge in [0.25, 0.3) is 0 Å². The highest BCUT2D eigenvalue weighted by atomic mass is 16.5. The highest BCUT2D eigenvalue weighted by Gasteiger charge is 2.01. The summed E-state index contributed by atoms with van der Waals surface area (Å²) < 4.78 is 5.84. The first kappa shape index (κ1) is 17.2. The molecule has 0 fully saturated rings. The van der Waals surface area contributed by atoms with Gasteiger partial charge < -0.3 is 4.74 Å². The van der Waals surface area contributed by atoms with Crippen LogP contribution in [0.25, 0.3) is 0 Å². The minimum absolute atomic E-state index is 0.923. The average Bonchev–Trinajstić information content (AvgIpc) is 2.48. The molecule has 0 saturated heterocycles. The van der Waals surface area contributed by atoms with Crippen LogP contribution in [-0.4, -0.2) is 0 Å². The first-order valence-electron chi connectivity index (χ1n) is 7.06. The lowest BCUT2D eigenvalue weighted by Crippen LogP contribution is -1.88. The lowest BCUT2D eigenvalue weighted by atomic mass is 10.2. The second-order valence-electron chi connectivity index (χ2n) is 3.63.